The van der Waals surface area contributed by atoms with Gasteiger partial charge in [-0.2, -0.15) is 0 Å². The van der Waals surface area contributed by atoms with Crippen LogP contribution in [0.25, 0.3) is 0 Å². The number of allylic oxidation sites excluding steroid dienone is 1. The first-order chi connectivity index (χ1) is 24.6. The molecule has 0 aliphatic carbocycles. The number of aliphatic carboxylic acids is 1. The van der Waals surface area contributed by atoms with Gasteiger partial charge >= 0.3 is 11.9 Å². The second kappa shape index (κ2) is 29.6. The van der Waals surface area contributed by atoms with Crippen molar-refractivity contribution in [3.8, 4) is 0 Å². The second-order valence-corrected chi connectivity index (χ2v) is 14.1. The van der Waals surface area contributed by atoms with Gasteiger partial charge in [-0.1, -0.05) is 89.9 Å². The summed E-state index contributed by atoms with van der Waals surface area (Å²) < 4.78 is 4.64. The minimum Gasteiger partial charge on any atom is -0.481 e. The standard InChI is InChI=1S/C21H37NO4.C20H33NO4/c1-3-4-7-12-19(23)16-15-18-11-10-13-20(24)22(18)17-9-6-5-8-14-21(25)26-2;1-2-3-6-11-18(22)15-14-17-10-9-12-19(23)21(17)16-8-5-4-7-13-20(24)25/h15-16,18-19,23H,3-14,17H2,1-2H3;14-15,17H,2-13,16H2,1H3,(H,24,25)/b16-15+;15-14+. The number of carboxylic acid groups (broad SMARTS) is 1. The number of piperidine rings is 2. The van der Waals surface area contributed by atoms with Crippen LogP contribution >= 0.6 is 0 Å². The van der Waals surface area contributed by atoms with Gasteiger partial charge in [-0.15, -0.1) is 0 Å². The average molecular weight is 719 g/mol. The number of hydrogen-bond acceptors (Lipinski definition) is 7. The SMILES string of the molecule is CCCCCC(=O)/C=C/C1CCCC(=O)N1CCCCCCC(=O)O.CCCCCC(O)/C=C/C1CCCC(=O)N1CCCCCCC(=O)OC. The molecule has 2 rings (SSSR count). The number of amides is 2. The predicted octanol–water partition coefficient (Wildman–Crippen LogP) is 8.10. The Balaban J connectivity index is 0.000000510. The van der Waals surface area contributed by atoms with Gasteiger partial charge in [0.15, 0.2) is 5.78 Å². The maximum atomic E-state index is 12.3. The number of carbonyl (C=O) groups is 5. The van der Waals surface area contributed by atoms with E-state index < -0.39 is 12.1 Å². The van der Waals surface area contributed by atoms with E-state index in [0.717, 1.165) is 122 Å². The Hall–Kier alpha value is -3.01. The number of carbonyl (C=O) groups excluding carboxylic acids is 4. The van der Waals surface area contributed by atoms with Gasteiger partial charge in [-0.25, -0.2) is 0 Å². The van der Waals surface area contributed by atoms with E-state index in [1.54, 1.807) is 6.08 Å². The summed E-state index contributed by atoms with van der Waals surface area (Å²) in [5.41, 5.74) is 0. The number of aliphatic hydroxyl groups is 1. The van der Waals surface area contributed by atoms with Crippen molar-refractivity contribution in [3.05, 3.63) is 24.3 Å². The molecule has 3 atom stereocenters. The van der Waals surface area contributed by atoms with Gasteiger partial charge in [0.05, 0.1) is 25.3 Å². The average Bonchev–Trinajstić information content (AvgIpc) is 3.11. The number of aliphatic hydroxyl groups excluding tert-OH is 1. The summed E-state index contributed by atoms with van der Waals surface area (Å²) in [6, 6.07) is 0.155. The molecule has 0 aromatic carbocycles. The molecular weight excluding hydrogens is 648 g/mol. The molecule has 10 heteroatoms. The number of ether oxygens (including phenoxy) is 1. The quantitative estimate of drug-likeness (QED) is 0.0396. The van der Waals surface area contributed by atoms with E-state index in [1.165, 1.54) is 7.11 Å². The van der Waals surface area contributed by atoms with Crippen molar-refractivity contribution in [1.29, 1.82) is 0 Å². The van der Waals surface area contributed by atoms with Crippen molar-refractivity contribution in [2.45, 2.75) is 186 Å². The fourth-order valence-corrected chi connectivity index (χ4v) is 6.60. The lowest BCUT2D eigenvalue weighted by atomic mass is 9.99. The summed E-state index contributed by atoms with van der Waals surface area (Å²) in [6.45, 7) is 5.74. The lowest BCUT2D eigenvalue weighted by Gasteiger charge is -2.34. The Morgan fingerprint density at radius 3 is 1.78 bits per heavy atom. The number of methoxy groups -OCH3 is 1. The number of esters is 1. The van der Waals surface area contributed by atoms with Gasteiger partial charge in [0, 0.05) is 45.2 Å². The van der Waals surface area contributed by atoms with Crippen LogP contribution in [0.1, 0.15) is 168 Å². The second-order valence-electron chi connectivity index (χ2n) is 14.1. The molecule has 51 heavy (non-hydrogen) atoms. The summed E-state index contributed by atoms with van der Waals surface area (Å²) in [7, 11) is 1.42. The van der Waals surface area contributed by atoms with E-state index in [1.807, 2.05) is 28.0 Å². The Labute approximate surface area is 308 Å². The molecule has 2 amide bonds. The summed E-state index contributed by atoms with van der Waals surface area (Å²) in [5.74, 6) is -0.357. The third kappa shape index (κ3) is 22.5. The third-order valence-electron chi connectivity index (χ3n) is 9.71. The lowest BCUT2D eigenvalue weighted by Crippen LogP contribution is -2.43. The summed E-state index contributed by atoms with van der Waals surface area (Å²) in [4.78, 5) is 61.8. The molecule has 10 nitrogen and oxygen atoms in total. The number of hydrogen-bond donors (Lipinski definition) is 2. The van der Waals surface area contributed by atoms with E-state index in [0.29, 0.717) is 38.6 Å². The first-order valence-corrected chi connectivity index (χ1v) is 20.1. The van der Waals surface area contributed by atoms with Crippen molar-refractivity contribution < 1.29 is 38.9 Å². The Kier molecular flexibility index (Phi) is 26.7. The monoisotopic (exact) mass is 719 g/mol. The zero-order valence-corrected chi connectivity index (χ0v) is 32.2. The van der Waals surface area contributed by atoms with Gasteiger partial charge < -0.3 is 24.7 Å². The number of likely N-dealkylation sites (tertiary alicyclic amines) is 2. The Bertz CT molecular complexity index is 1060. The minimum atomic E-state index is -0.750. The van der Waals surface area contributed by atoms with Gasteiger partial charge in [0.1, 0.15) is 0 Å². The highest BCUT2D eigenvalue weighted by Crippen LogP contribution is 2.22. The van der Waals surface area contributed by atoms with Crippen molar-refractivity contribution in [3.63, 3.8) is 0 Å². The van der Waals surface area contributed by atoms with Gasteiger partial charge in [-0.3, -0.25) is 24.0 Å². The Morgan fingerprint density at radius 2 is 1.24 bits per heavy atom. The molecule has 2 saturated heterocycles. The molecule has 2 aliphatic heterocycles. The van der Waals surface area contributed by atoms with Crippen molar-refractivity contribution in [2.24, 2.45) is 0 Å². The summed E-state index contributed by atoms with van der Waals surface area (Å²) in [6.07, 6.45) is 27.7. The highest BCUT2D eigenvalue weighted by atomic mass is 16.5. The highest BCUT2D eigenvalue weighted by molar-refractivity contribution is 5.89. The van der Waals surface area contributed by atoms with E-state index in [2.05, 4.69) is 18.6 Å². The molecule has 292 valence electrons. The van der Waals surface area contributed by atoms with Crippen LogP contribution in [-0.2, 0) is 28.7 Å². The number of unbranched alkanes of at least 4 members (excludes halogenated alkanes) is 10. The molecule has 2 aliphatic rings. The number of nitrogens with zero attached hydrogens (tertiary/aromatic N) is 2. The van der Waals surface area contributed by atoms with Crippen LogP contribution in [0.3, 0.4) is 0 Å². The third-order valence-corrected chi connectivity index (χ3v) is 9.71. The Morgan fingerprint density at radius 1 is 0.725 bits per heavy atom. The summed E-state index contributed by atoms with van der Waals surface area (Å²) >= 11 is 0. The molecule has 2 heterocycles. The van der Waals surface area contributed by atoms with E-state index >= 15 is 0 Å². The number of ketones is 1. The van der Waals surface area contributed by atoms with Crippen molar-refractivity contribution in [1.82, 2.24) is 9.80 Å². The van der Waals surface area contributed by atoms with E-state index in [9.17, 15) is 29.1 Å². The number of rotatable bonds is 26. The maximum Gasteiger partial charge on any atom is 0.305 e. The molecule has 0 bridgehead atoms. The number of carboxylic acids is 1. The van der Waals surface area contributed by atoms with Crippen LogP contribution in [0, 0.1) is 0 Å². The molecule has 2 fully saturated rings. The topological polar surface area (TPSA) is 142 Å². The largest absolute Gasteiger partial charge is 0.481 e. The van der Waals surface area contributed by atoms with Crippen molar-refractivity contribution in [2.75, 3.05) is 20.2 Å². The smallest absolute Gasteiger partial charge is 0.305 e. The van der Waals surface area contributed by atoms with Crippen molar-refractivity contribution >= 4 is 29.5 Å². The van der Waals surface area contributed by atoms with Crippen LogP contribution in [0.15, 0.2) is 24.3 Å². The van der Waals surface area contributed by atoms with Crippen LogP contribution in [0.2, 0.25) is 0 Å². The first kappa shape index (κ1) is 46.0. The molecule has 0 spiro atoms. The molecule has 3 unspecified atom stereocenters. The molecule has 2 N–H and O–H groups in total. The highest BCUT2D eigenvalue weighted by Gasteiger charge is 2.27. The fourth-order valence-electron chi connectivity index (χ4n) is 6.60. The molecular formula is C41H70N2O8. The molecule has 0 radical (unpaired) electrons. The van der Waals surface area contributed by atoms with E-state index in [-0.39, 0.29) is 42.1 Å². The minimum absolute atomic E-state index is 0.0374. The van der Waals surface area contributed by atoms with Gasteiger partial charge in [-0.05, 0) is 70.3 Å². The zero-order chi connectivity index (χ0) is 37.7. The molecule has 0 aromatic heterocycles. The molecule has 0 aromatic rings. The maximum absolute atomic E-state index is 12.3. The summed E-state index contributed by atoms with van der Waals surface area (Å²) in [5, 5.41) is 18.7. The first-order valence-electron chi connectivity index (χ1n) is 20.1. The normalized spacial score (nSPS) is 18.6. The van der Waals surface area contributed by atoms with Crippen LogP contribution in [0.4, 0.5) is 0 Å². The van der Waals surface area contributed by atoms with Crippen LogP contribution in [-0.4, -0.2) is 87.9 Å². The van der Waals surface area contributed by atoms with E-state index in [4.69, 9.17) is 5.11 Å². The zero-order valence-electron chi connectivity index (χ0n) is 32.2. The van der Waals surface area contributed by atoms with Gasteiger partial charge in [0.2, 0.25) is 11.8 Å². The molecule has 0 saturated carbocycles. The van der Waals surface area contributed by atoms with Gasteiger partial charge in [0.25, 0.3) is 0 Å². The fraction of sp³-hybridized carbons (Fsp3) is 0.780. The predicted molar refractivity (Wildman–Crippen MR) is 202 cm³/mol. The van der Waals surface area contributed by atoms with Crippen LogP contribution < -0.4 is 0 Å². The van der Waals surface area contributed by atoms with Crippen LogP contribution in [0.5, 0.6) is 0 Å². The lowest BCUT2D eigenvalue weighted by molar-refractivity contribution is -0.141.